The van der Waals surface area contributed by atoms with E-state index in [-0.39, 0.29) is 11.5 Å². The molecule has 0 aliphatic rings. The maximum atomic E-state index is 10.4. The van der Waals surface area contributed by atoms with Gasteiger partial charge in [-0.3, -0.25) is 0 Å². The summed E-state index contributed by atoms with van der Waals surface area (Å²) in [7, 11) is 0. The lowest BCUT2D eigenvalue weighted by molar-refractivity contribution is 0.441. The fourth-order valence-corrected chi connectivity index (χ4v) is 2.53. The quantitative estimate of drug-likeness (QED) is 0.861. The highest BCUT2D eigenvalue weighted by molar-refractivity contribution is 5.74. The van der Waals surface area contributed by atoms with Crippen LogP contribution in [-0.2, 0) is 19.3 Å². The van der Waals surface area contributed by atoms with Crippen molar-refractivity contribution in [1.82, 2.24) is 0 Å². The van der Waals surface area contributed by atoms with Crippen molar-refractivity contribution in [3.05, 3.63) is 47.0 Å². The van der Waals surface area contributed by atoms with E-state index in [1.807, 2.05) is 6.92 Å². The van der Waals surface area contributed by atoms with Gasteiger partial charge in [0.1, 0.15) is 11.5 Å². The SMILES string of the molecule is CCc1cc(CC)cc(-c2ccc(O)c(CC)c2O)c1. The summed E-state index contributed by atoms with van der Waals surface area (Å²) in [6.45, 7) is 6.19. The highest BCUT2D eigenvalue weighted by Gasteiger charge is 2.13. The molecule has 20 heavy (non-hydrogen) atoms. The second-order valence-corrected chi connectivity index (χ2v) is 5.06. The van der Waals surface area contributed by atoms with Crippen molar-refractivity contribution in [2.24, 2.45) is 0 Å². The zero-order valence-corrected chi connectivity index (χ0v) is 12.4. The van der Waals surface area contributed by atoms with Crippen LogP contribution in [0.25, 0.3) is 11.1 Å². The predicted octanol–water partition coefficient (Wildman–Crippen LogP) is 4.45. The van der Waals surface area contributed by atoms with Gasteiger partial charge in [-0.1, -0.05) is 39.0 Å². The molecule has 0 aliphatic carbocycles. The second-order valence-electron chi connectivity index (χ2n) is 5.06. The Bertz CT molecular complexity index is 593. The predicted molar refractivity (Wildman–Crippen MR) is 83.3 cm³/mol. The molecule has 2 heteroatoms. The van der Waals surface area contributed by atoms with Gasteiger partial charge in [0.05, 0.1) is 0 Å². The molecule has 0 spiro atoms. The van der Waals surface area contributed by atoms with E-state index in [1.54, 1.807) is 12.1 Å². The lowest BCUT2D eigenvalue weighted by Gasteiger charge is -2.13. The van der Waals surface area contributed by atoms with Gasteiger partial charge in [0.2, 0.25) is 0 Å². The number of rotatable bonds is 4. The molecule has 2 nitrogen and oxygen atoms in total. The number of hydrogen-bond donors (Lipinski definition) is 2. The highest BCUT2D eigenvalue weighted by Crippen LogP contribution is 2.38. The molecular weight excluding hydrogens is 248 g/mol. The van der Waals surface area contributed by atoms with Crippen LogP contribution < -0.4 is 0 Å². The highest BCUT2D eigenvalue weighted by atomic mass is 16.3. The molecule has 2 aromatic rings. The molecule has 2 rings (SSSR count). The molecule has 106 valence electrons. The van der Waals surface area contributed by atoms with Crippen molar-refractivity contribution in [2.45, 2.75) is 40.0 Å². The largest absolute Gasteiger partial charge is 0.508 e. The van der Waals surface area contributed by atoms with E-state index in [1.165, 1.54) is 11.1 Å². The maximum absolute atomic E-state index is 10.4. The fourth-order valence-electron chi connectivity index (χ4n) is 2.53. The number of benzene rings is 2. The van der Waals surface area contributed by atoms with Gasteiger partial charge in [-0.15, -0.1) is 0 Å². The summed E-state index contributed by atoms with van der Waals surface area (Å²) in [5.41, 5.74) is 4.97. The van der Waals surface area contributed by atoms with Crippen LogP contribution in [0.4, 0.5) is 0 Å². The second kappa shape index (κ2) is 6.00. The number of phenols is 2. The zero-order valence-electron chi connectivity index (χ0n) is 12.4. The molecule has 0 saturated heterocycles. The Hall–Kier alpha value is -1.96. The monoisotopic (exact) mass is 270 g/mol. The third kappa shape index (κ3) is 2.64. The molecule has 2 aromatic carbocycles. The van der Waals surface area contributed by atoms with E-state index in [0.717, 1.165) is 24.0 Å². The van der Waals surface area contributed by atoms with Gasteiger partial charge < -0.3 is 10.2 Å². The van der Waals surface area contributed by atoms with Gasteiger partial charge in [0.25, 0.3) is 0 Å². The third-order valence-electron chi connectivity index (χ3n) is 3.79. The first-order chi connectivity index (χ1) is 9.60. The van der Waals surface area contributed by atoms with E-state index < -0.39 is 0 Å². The van der Waals surface area contributed by atoms with Gasteiger partial charge in [-0.05, 0) is 48.1 Å². The van der Waals surface area contributed by atoms with Crippen molar-refractivity contribution in [3.8, 4) is 22.6 Å². The van der Waals surface area contributed by atoms with Crippen molar-refractivity contribution in [1.29, 1.82) is 0 Å². The summed E-state index contributed by atoms with van der Waals surface area (Å²) in [5, 5.41) is 20.2. The molecule has 0 aromatic heterocycles. The Kier molecular flexibility index (Phi) is 4.33. The number of hydrogen-bond acceptors (Lipinski definition) is 2. The van der Waals surface area contributed by atoms with E-state index in [0.29, 0.717) is 12.0 Å². The lowest BCUT2D eigenvalue weighted by atomic mass is 9.95. The summed E-state index contributed by atoms with van der Waals surface area (Å²) in [4.78, 5) is 0. The van der Waals surface area contributed by atoms with Crippen LogP contribution in [0.5, 0.6) is 11.5 Å². The van der Waals surface area contributed by atoms with E-state index >= 15 is 0 Å². The van der Waals surface area contributed by atoms with Gasteiger partial charge in [-0.2, -0.15) is 0 Å². The molecule has 0 aliphatic heterocycles. The van der Waals surface area contributed by atoms with Crippen LogP contribution in [0, 0.1) is 0 Å². The zero-order chi connectivity index (χ0) is 14.7. The Morgan fingerprint density at radius 1 is 0.800 bits per heavy atom. The molecule has 0 unspecified atom stereocenters. The topological polar surface area (TPSA) is 40.5 Å². The normalized spacial score (nSPS) is 10.8. The molecule has 0 radical (unpaired) electrons. The summed E-state index contributed by atoms with van der Waals surface area (Å²) in [6, 6.07) is 9.90. The Balaban J connectivity index is 2.62. The summed E-state index contributed by atoms with van der Waals surface area (Å²) < 4.78 is 0. The molecule has 0 atom stereocenters. The molecule has 0 bridgehead atoms. The molecule has 0 heterocycles. The summed E-state index contributed by atoms with van der Waals surface area (Å²) in [6.07, 6.45) is 2.56. The Morgan fingerprint density at radius 3 is 1.90 bits per heavy atom. The van der Waals surface area contributed by atoms with Crippen molar-refractivity contribution < 1.29 is 10.2 Å². The molecule has 0 amide bonds. The third-order valence-corrected chi connectivity index (χ3v) is 3.79. The number of aromatic hydroxyl groups is 2. The molecule has 2 N–H and O–H groups in total. The summed E-state index contributed by atoms with van der Waals surface area (Å²) >= 11 is 0. The Labute approximate surface area is 120 Å². The van der Waals surface area contributed by atoms with Gasteiger partial charge in [-0.25, -0.2) is 0 Å². The molecular formula is C18H22O2. The Morgan fingerprint density at radius 2 is 1.40 bits per heavy atom. The minimum absolute atomic E-state index is 0.163. The fraction of sp³-hybridized carbons (Fsp3) is 0.333. The first-order valence-electron chi connectivity index (χ1n) is 7.27. The van der Waals surface area contributed by atoms with Crippen LogP contribution >= 0.6 is 0 Å². The van der Waals surface area contributed by atoms with Crippen LogP contribution in [0.15, 0.2) is 30.3 Å². The maximum Gasteiger partial charge on any atom is 0.130 e. The summed E-state index contributed by atoms with van der Waals surface area (Å²) in [5.74, 6) is 0.360. The average molecular weight is 270 g/mol. The molecule has 0 saturated carbocycles. The van der Waals surface area contributed by atoms with Crippen molar-refractivity contribution in [2.75, 3.05) is 0 Å². The van der Waals surface area contributed by atoms with E-state index in [4.69, 9.17) is 0 Å². The van der Waals surface area contributed by atoms with Crippen molar-refractivity contribution in [3.63, 3.8) is 0 Å². The van der Waals surface area contributed by atoms with E-state index in [2.05, 4.69) is 32.0 Å². The van der Waals surface area contributed by atoms with Crippen LogP contribution in [0.3, 0.4) is 0 Å². The first kappa shape index (κ1) is 14.4. The standard InChI is InChI=1S/C18H22O2/c1-4-12-9-13(5-2)11-14(10-12)16-7-8-17(19)15(6-3)18(16)20/h7-11,19-20H,4-6H2,1-3H3. The average Bonchev–Trinajstić information content (AvgIpc) is 2.47. The lowest BCUT2D eigenvalue weighted by Crippen LogP contribution is -1.91. The van der Waals surface area contributed by atoms with E-state index in [9.17, 15) is 10.2 Å². The minimum atomic E-state index is 0.163. The van der Waals surface area contributed by atoms with Crippen LogP contribution in [0.1, 0.15) is 37.5 Å². The van der Waals surface area contributed by atoms with Crippen LogP contribution in [0.2, 0.25) is 0 Å². The minimum Gasteiger partial charge on any atom is -0.508 e. The van der Waals surface area contributed by atoms with Crippen LogP contribution in [-0.4, -0.2) is 10.2 Å². The smallest absolute Gasteiger partial charge is 0.130 e. The molecule has 0 fully saturated rings. The number of phenolic OH excluding ortho intramolecular Hbond substituents is 2. The van der Waals surface area contributed by atoms with Gasteiger partial charge >= 0.3 is 0 Å². The first-order valence-corrected chi connectivity index (χ1v) is 7.27. The van der Waals surface area contributed by atoms with Gasteiger partial charge in [0, 0.05) is 11.1 Å². The van der Waals surface area contributed by atoms with Crippen molar-refractivity contribution >= 4 is 0 Å². The number of aryl methyl sites for hydroxylation is 2. The van der Waals surface area contributed by atoms with Gasteiger partial charge in [0.15, 0.2) is 0 Å².